The van der Waals surface area contributed by atoms with Crippen LogP contribution >= 0.6 is 0 Å². The SMILES string of the molecule is Cc1ccc(-c2cn[nH]c2-c2ccc(C)c(C)c2)cc1C. The minimum Gasteiger partial charge on any atom is -0.277 e. The summed E-state index contributed by atoms with van der Waals surface area (Å²) in [5.41, 5.74) is 9.86. The van der Waals surface area contributed by atoms with Gasteiger partial charge in [-0.1, -0.05) is 30.3 Å². The molecule has 2 aromatic carbocycles. The van der Waals surface area contributed by atoms with Crippen LogP contribution in [0, 0.1) is 27.7 Å². The largest absolute Gasteiger partial charge is 0.277 e. The quantitative estimate of drug-likeness (QED) is 0.702. The first-order valence-corrected chi connectivity index (χ1v) is 7.25. The van der Waals surface area contributed by atoms with E-state index in [4.69, 9.17) is 0 Å². The molecule has 0 amide bonds. The maximum Gasteiger partial charge on any atom is 0.0728 e. The molecule has 2 nitrogen and oxygen atoms in total. The topological polar surface area (TPSA) is 28.7 Å². The Morgan fingerprint density at radius 1 is 0.714 bits per heavy atom. The lowest BCUT2D eigenvalue weighted by Crippen LogP contribution is -1.87. The van der Waals surface area contributed by atoms with Crippen LogP contribution in [0.4, 0.5) is 0 Å². The second kappa shape index (κ2) is 5.21. The normalized spacial score (nSPS) is 10.9. The lowest BCUT2D eigenvalue weighted by molar-refractivity contribution is 1.09. The molecule has 0 fully saturated rings. The van der Waals surface area contributed by atoms with Gasteiger partial charge in [0.1, 0.15) is 0 Å². The van der Waals surface area contributed by atoms with Crippen LogP contribution in [0.3, 0.4) is 0 Å². The molecule has 0 radical (unpaired) electrons. The van der Waals surface area contributed by atoms with Crippen molar-refractivity contribution in [2.75, 3.05) is 0 Å². The molecule has 0 aliphatic carbocycles. The maximum absolute atomic E-state index is 4.25. The number of hydrogen-bond donors (Lipinski definition) is 1. The van der Waals surface area contributed by atoms with Crippen LogP contribution in [-0.4, -0.2) is 10.2 Å². The summed E-state index contributed by atoms with van der Waals surface area (Å²) in [6, 6.07) is 13.1. The molecule has 0 spiro atoms. The molecule has 3 aromatic rings. The van der Waals surface area contributed by atoms with Crippen molar-refractivity contribution < 1.29 is 0 Å². The van der Waals surface area contributed by atoms with Crippen molar-refractivity contribution in [3.05, 3.63) is 64.8 Å². The van der Waals surface area contributed by atoms with Crippen molar-refractivity contribution in [2.24, 2.45) is 0 Å². The molecule has 1 aromatic heterocycles. The number of nitrogens with one attached hydrogen (secondary N) is 1. The van der Waals surface area contributed by atoms with E-state index in [-0.39, 0.29) is 0 Å². The van der Waals surface area contributed by atoms with Crippen LogP contribution in [0.25, 0.3) is 22.4 Å². The lowest BCUT2D eigenvalue weighted by Gasteiger charge is -2.08. The monoisotopic (exact) mass is 276 g/mol. The van der Waals surface area contributed by atoms with Crippen molar-refractivity contribution in [2.45, 2.75) is 27.7 Å². The Balaban J connectivity index is 2.12. The molecule has 0 saturated carbocycles. The zero-order valence-electron chi connectivity index (χ0n) is 13.0. The maximum atomic E-state index is 4.25. The fraction of sp³-hybridized carbons (Fsp3) is 0.211. The van der Waals surface area contributed by atoms with Gasteiger partial charge in [0, 0.05) is 11.1 Å². The summed E-state index contributed by atoms with van der Waals surface area (Å²) in [4.78, 5) is 0. The number of aromatic nitrogens is 2. The van der Waals surface area contributed by atoms with E-state index in [9.17, 15) is 0 Å². The molecule has 0 atom stereocenters. The van der Waals surface area contributed by atoms with Crippen LogP contribution in [0.1, 0.15) is 22.3 Å². The summed E-state index contributed by atoms with van der Waals surface area (Å²) in [5, 5.41) is 7.41. The highest BCUT2D eigenvalue weighted by Gasteiger charge is 2.11. The summed E-state index contributed by atoms with van der Waals surface area (Å²) in [6.07, 6.45) is 1.91. The van der Waals surface area contributed by atoms with Crippen LogP contribution < -0.4 is 0 Å². The van der Waals surface area contributed by atoms with Crippen molar-refractivity contribution in [1.29, 1.82) is 0 Å². The van der Waals surface area contributed by atoms with Gasteiger partial charge >= 0.3 is 0 Å². The average molecular weight is 276 g/mol. The van der Waals surface area contributed by atoms with Crippen molar-refractivity contribution >= 4 is 0 Å². The number of benzene rings is 2. The van der Waals surface area contributed by atoms with E-state index in [1.54, 1.807) is 0 Å². The predicted molar refractivity (Wildman–Crippen MR) is 88.4 cm³/mol. The first-order chi connectivity index (χ1) is 10.1. The molecule has 0 unspecified atom stereocenters. The van der Waals surface area contributed by atoms with Crippen LogP contribution in [0.15, 0.2) is 42.6 Å². The molecule has 0 saturated heterocycles. The standard InChI is InChI=1S/C19H20N2/c1-12-5-7-16(9-14(12)3)18-11-20-21-19(18)17-8-6-13(2)15(4)10-17/h5-11H,1-4H3,(H,20,21). The molecule has 3 rings (SSSR count). The van der Waals surface area contributed by atoms with Crippen LogP contribution in [0.5, 0.6) is 0 Å². The van der Waals surface area contributed by atoms with Gasteiger partial charge in [-0.3, -0.25) is 5.10 Å². The number of rotatable bonds is 2. The highest BCUT2D eigenvalue weighted by molar-refractivity contribution is 5.81. The molecular formula is C19H20N2. The van der Waals surface area contributed by atoms with Gasteiger partial charge in [-0.15, -0.1) is 0 Å². The molecule has 21 heavy (non-hydrogen) atoms. The molecule has 106 valence electrons. The van der Waals surface area contributed by atoms with E-state index in [2.05, 4.69) is 74.3 Å². The molecule has 0 aliphatic heterocycles. The third kappa shape index (κ3) is 2.49. The minimum absolute atomic E-state index is 1.08. The Bertz CT molecular complexity index is 731. The lowest BCUT2D eigenvalue weighted by atomic mass is 9.97. The first-order valence-electron chi connectivity index (χ1n) is 7.25. The van der Waals surface area contributed by atoms with Crippen molar-refractivity contribution in [1.82, 2.24) is 10.2 Å². The zero-order chi connectivity index (χ0) is 15.0. The highest BCUT2D eigenvalue weighted by Crippen LogP contribution is 2.31. The Morgan fingerprint density at radius 2 is 1.29 bits per heavy atom. The van der Waals surface area contributed by atoms with Crippen LogP contribution in [-0.2, 0) is 0 Å². The van der Waals surface area contributed by atoms with E-state index in [0.29, 0.717) is 0 Å². The molecule has 1 N–H and O–H groups in total. The van der Waals surface area contributed by atoms with Gasteiger partial charge in [0.25, 0.3) is 0 Å². The van der Waals surface area contributed by atoms with Crippen LogP contribution in [0.2, 0.25) is 0 Å². The smallest absolute Gasteiger partial charge is 0.0728 e. The number of aryl methyl sites for hydroxylation is 4. The van der Waals surface area contributed by atoms with Crippen molar-refractivity contribution in [3.63, 3.8) is 0 Å². The van der Waals surface area contributed by atoms with Gasteiger partial charge in [-0.05, 0) is 61.6 Å². The molecule has 1 heterocycles. The summed E-state index contributed by atoms with van der Waals surface area (Å²) in [7, 11) is 0. The third-order valence-electron chi connectivity index (χ3n) is 4.25. The number of H-pyrrole nitrogens is 1. The predicted octanol–water partition coefficient (Wildman–Crippen LogP) is 4.98. The van der Waals surface area contributed by atoms with Gasteiger partial charge in [0.05, 0.1) is 11.9 Å². The fourth-order valence-corrected chi connectivity index (χ4v) is 2.53. The molecule has 2 heteroatoms. The summed E-state index contributed by atoms with van der Waals surface area (Å²) < 4.78 is 0. The first kappa shape index (κ1) is 13.6. The molecule has 0 bridgehead atoms. The van der Waals surface area contributed by atoms with Gasteiger partial charge in [0.2, 0.25) is 0 Å². The number of aromatic amines is 1. The summed E-state index contributed by atoms with van der Waals surface area (Å²) in [6.45, 7) is 8.56. The molecular weight excluding hydrogens is 256 g/mol. The number of nitrogens with zero attached hydrogens (tertiary/aromatic N) is 1. The van der Waals surface area contributed by atoms with E-state index in [0.717, 1.165) is 11.3 Å². The van der Waals surface area contributed by atoms with E-state index >= 15 is 0 Å². The van der Waals surface area contributed by atoms with E-state index in [1.807, 2.05) is 6.20 Å². The van der Waals surface area contributed by atoms with Gasteiger partial charge in [0.15, 0.2) is 0 Å². The van der Waals surface area contributed by atoms with Crippen molar-refractivity contribution in [3.8, 4) is 22.4 Å². The second-order valence-corrected chi connectivity index (χ2v) is 5.76. The van der Waals surface area contributed by atoms with Gasteiger partial charge < -0.3 is 0 Å². The third-order valence-corrected chi connectivity index (χ3v) is 4.25. The number of hydrogen-bond acceptors (Lipinski definition) is 1. The van der Waals surface area contributed by atoms with E-state index < -0.39 is 0 Å². The van der Waals surface area contributed by atoms with Gasteiger partial charge in [-0.25, -0.2) is 0 Å². The Kier molecular flexibility index (Phi) is 3.38. The Morgan fingerprint density at radius 3 is 1.90 bits per heavy atom. The zero-order valence-corrected chi connectivity index (χ0v) is 13.0. The minimum atomic E-state index is 1.08. The average Bonchev–Trinajstić information content (AvgIpc) is 2.94. The van der Waals surface area contributed by atoms with E-state index in [1.165, 1.54) is 33.4 Å². The summed E-state index contributed by atoms with van der Waals surface area (Å²) in [5.74, 6) is 0. The Labute approximate surface area is 125 Å². The molecule has 0 aliphatic rings. The van der Waals surface area contributed by atoms with Gasteiger partial charge in [-0.2, -0.15) is 5.10 Å². The highest BCUT2D eigenvalue weighted by atomic mass is 15.1. The fourth-order valence-electron chi connectivity index (χ4n) is 2.53. The Hall–Kier alpha value is -2.35. The second-order valence-electron chi connectivity index (χ2n) is 5.76. The summed E-state index contributed by atoms with van der Waals surface area (Å²) >= 11 is 0.